The lowest BCUT2D eigenvalue weighted by Gasteiger charge is -2.07. The summed E-state index contributed by atoms with van der Waals surface area (Å²) in [6, 6.07) is 14.2. The van der Waals surface area contributed by atoms with Crippen LogP contribution >= 0.6 is 15.9 Å². The standard InChI is InChI=1S/C17H15BrN2O/c1-10-5-3-6-12(9-10)15-16(21-20-17(15)19)13-7-4-8-14(18)11(13)2/h3-9H,1-2H3,(H2,19,20). The first-order chi connectivity index (χ1) is 10.1. The van der Waals surface area contributed by atoms with Crippen molar-refractivity contribution < 1.29 is 4.52 Å². The molecule has 0 amide bonds. The van der Waals surface area contributed by atoms with Crippen LogP contribution in [-0.2, 0) is 0 Å². The number of rotatable bonds is 2. The van der Waals surface area contributed by atoms with Gasteiger partial charge in [0.1, 0.15) is 0 Å². The van der Waals surface area contributed by atoms with Gasteiger partial charge < -0.3 is 10.3 Å². The summed E-state index contributed by atoms with van der Waals surface area (Å²) in [5.41, 5.74) is 11.2. The minimum atomic E-state index is 0.412. The Morgan fingerprint density at radius 2 is 1.86 bits per heavy atom. The van der Waals surface area contributed by atoms with Gasteiger partial charge in [0.05, 0.1) is 5.56 Å². The molecule has 0 unspecified atom stereocenters. The van der Waals surface area contributed by atoms with E-state index in [0.29, 0.717) is 11.6 Å². The summed E-state index contributed by atoms with van der Waals surface area (Å²) in [7, 11) is 0. The fourth-order valence-electron chi connectivity index (χ4n) is 2.42. The van der Waals surface area contributed by atoms with Crippen LogP contribution in [0, 0.1) is 13.8 Å². The summed E-state index contributed by atoms with van der Waals surface area (Å²) in [6.07, 6.45) is 0. The molecule has 3 rings (SSSR count). The van der Waals surface area contributed by atoms with Crippen molar-refractivity contribution in [2.45, 2.75) is 13.8 Å². The van der Waals surface area contributed by atoms with Gasteiger partial charge in [0.25, 0.3) is 0 Å². The molecule has 0 atom stereocenters. The lowest BCUT2D eigenvalue weighted by atomic mass is 9.98. The zero-order valence-corrected chi connectivity index (χ0v) is 13.4. The van der Waals surface area contributed by atoms with Crippen LogP contribution in [0.4, 0.5) is 5.82 Å². The third kappa shape index (κ3) is 2.47. The minimum absolute atomic E-state index is 0.412. The molecule has 1 aromatic heterocycles. The highest BCUT2D eigenvalue weighted by Gasteiger charge is 2.19. The predicted molar refractivity (Wildman–Crippen MR) is 89.0 cm³/mol. The molecule has 3 aromatic rings. The minimum Gasteiger partial charge on any atom is -0.380 e. The first kappa shape index (κ1) is 13.9. The Bertz CT molecular complexity index is 808. The van der Waals surface area contributed by atoms with Crippen LogP contribution in [0.25, 0.3) is 22.5 Å². The summed E-state index contributed by atoms with van der Waals surface area (Å²) >= 11 is 3.55. The first-order valence-electron chi connectivity index (χ1n) is 6.65. The summed E-state index contributed by atoms with van der Waals surface area (Å²) in [5, 5.41) is 3.96. The largest absolute Gasteiger partial charge is 0.380 e. The smallest absolute Gasteiger partial charge is 0.177 e. The average molecular weight is 343 g/mol. The molecule has 0 saturated carbocycles. The van der Waals surface area contributed by atoms with Gasteiger partial charge in [-0.25, -0.2) is 0 Å². The monoisotopic (exact) mass is 342 g/mol. The van der Waals surface area contributed by atoms with E-state index in [0.717, 1.165) is 26.7 Å². The van der Waals surface area contributed by atoms with Crippen molar-refractivity contribution in [1.29, 1.82) is 0 Å². The van der Waals surface area contributed by atoms with Gasteiger partial charge >= 0.3 is 0 Å². The predicted octanol–water partition coefficient (Wildman–Crippen LogP) is 4.97. The lowest BCUT2D eigenvalue weighted by Crippen LogP contribution is -1.90. The molecule has 1 heterocycles. The quantitative estimate of drug-likeness (QED) is 0.715. The van der Waals surface area contributed by atoms with Crippen LogP contribution in [0.2, 0.25) is 0 Å². The van der Waals surface area contributed by atoms with Gasteiger partial charge in [-0.3, -0.25) is 0 Å². The van der Waals surface area contributed by atoms with Gasteiger partial charge in [-0.2, -0.15) is 0 Å². The Hall–Kier alpha value is -2.07. The lowest BCUT2D eigenvalue weighted by molar-refractivity contribution is 0.436. The molecule has 0 saturated heterocycles. The normalized spacial score (nSPS) is 10.8. The molecular weight excluding hydrogens is 328 g/mol. The number of halogens is 1. The van der Waals surface area contributed by atoms with Crippen LogP contribution in [0.5, 0.6) is 0 Å². The van der Waals surface area contributed by atoms with E-state index in [-0.39, 0.29) is 0 Å². The Kier molecular flexibility index (Phi) is 3.55. The molecule has 106 valence electrons. The molecule has 0 fully saturated rings. The van der Waals surface area contributed by atoms with Crippen LogP contribution in [0.3, 0.4) is 0 Å². The van der Waals surface area contributed by atoms with Crippen molar-refractivity contribution in [2.24, 2.45) is 0 Å². The van der Waals surface area contributed by atoms with Gasteiger partial charge in [-0.05, 0) is 31.0 Å². The third-order valence-electron chi connectivity index (χ3n) is 3.54. The molecule has 4 heteroatoms. The summed E-state index contributed by atoms with van der Waals surface area (Å²) in [4.78, 5) is 0. The summed E-state index contributed by atoms with van der Waals surface area (Å²) in [6.45, 7) is 4.09. The van der Waals surface area contributed by atoms with Crippen molar-refractivity contribution in [3.63, 3.8) is 0 Å². The third-order valence-corrected chi connectivity index (χ3v) is 4.40. The van der Waals surface area contributed by atoms with E-state index in [9.17, 15) is 0 Å². The van der Waals surface area contributed by atoms with E-state index >= 15 is 0 Å². The molecule has 2 aromatic carbocycles. The van der Waals surface area contributed by atoms with Crippen LogP contribution in [0.1, 0.15) is 11.1 Å². The SMILES string of the molecule is Cc1cccc(-c2c(N)noc2-c2cccc(Br)c2C)c1. The molecule has 0 aliphatic heterocycles. The maximum absolute atomic E-state index is 6.03. The number of nitrogen functional groups attached to an aromatic ring is 1. The van der Waals surface area contributed by atoms with Crippen molar-refractivity contribution in [1.82, 2.24) is 5.16 Å². The Morgan fingerprint density at radius 1 is 1.10 bits per heavy atom. The number of hydrogen-bond acceptors (Lipinski definition) is 3. The van der Waals surface area contributed by atoms with Gasteiger partial charge in [0.2, 0.25) is 0 Å². The van der Waals surface area contributed by atoms with Crippen LogP contribution in [0.15, 0.2) is 51.5 Å². The molecule has 0 bridgehead atoms. The molecule has 0 aliphatic rings. The van der Waals surface area contributed by atoms with Crippen molar-refractivity contribution in [3.8, 4) is 22.5 Å². The number of anilines is 1. The Morgan fingerprint density at radius 3 is 2.62 bits per heavy atom. The molecule has 0 spiro atoms. The maximum atomic E-state index is 6.03. The highest BCUT2D eigenvalue weighted by molar-refractivity contribution is 9.10. The number of aryl methyl sites for hydroxylation is 1. The van der Waals surface area contributed by atoms with E-state index in [2.05, 4.69) is 40.1 Å². The molecule has 2 N–H and O–H groups in total. The Balaban J connectivity index is 2.24. The van der Waals surface area contributed by atoms with Gasteiger partial charge in [0.15, 0.2) is 11.6 Å². The molecule has 3 nitrogen and oxygen atoms in total. The highest BCUT2D eigenvalue weighted by atomic mass is 79.9. The van der Waals surface area contributed by atoms with E-state index in [1.54, 1.807) is 0 Å². The van der Waals surface area contributed by atoms with Crippen molar-refractivity contribution >= 4 is 21.7 Å². The highest BCUT2D eigenvalue weighted by Crippen LogP contribution is 2.39. The second kappa shape index (κ2) is 5.37. The zero-order valence-electron chi connectivity index (χ0n) is 11.9. The molecule has 0 aliphatic carbocycles. The second-order valence-corrected chi connectivity index (χ2v) is 5.91. The number of nitrogens with two attached hydrogens (primary N) is 1. The fraction of sp³-hybridized carbons (Fsp3) is 0.118. The number of benzene rings is 2. The van der Waals surface area contributed by atoms with E-state index in [4.69, 9.17) is 10.3 Å². The fourth-order valence-corrected chi connectivity index (χ4v) is 2.79. The molecule has 21 heavy (non-hydrogen) atoms. The van der Waals surface area contributed by atoms with Crippen molar-refractivity contribution in [3.05, 3.63) is 58.1 Å². The molecular formula is C17H15BrN2O. The number of aromatic nitrogens is 1. The van der Waals surface area contributed by atoms with E-state index < -0.39 is 0 Å². The number of nitrogens with zero attached hydrogens (tertiary/aromatic N) is 1. The van der Waals surface area contributed by atoms with Crippen molar-refractivity contribution in [2.75, 3.05) is 5.73 Å². The number of hydrogen-bond donors (Lipinski definition) is 1. The second-order valence-electron chi connectivity index (χ2n) is 5.05. The molecule has 0 radical (unpaired) electrons. The summed E-state index contributed by atoms with van der Waals surface area (Å²) in [5.74, 6) is 1.12. The van der Waals surface area contributed by atoms with Gasteiger partial charge in [-0.15, -0.1) is 0 Å². The van der Waals surface area contributed by atoms with E-state index in [1.165, 1.54) is 5.56 Å². The van der Waals surface area contributed by atoms with Gasteiger partial charge in [-0.1, -0.05) is 63.0 Å². The Labute approximate surface area is 131 Å². The zero-order chi connectivity index (χ0) is 15.0. The maximum Gasteiger partial charge on any atom is 0.177 e. The van der Waals surface area contributed by atoms with Crippen LogP contribution in [-0.4, -0.2) is 5.16 Å². The van der Waals surface area contributed by atoms with Gasteiger partial charge in [0, 0.05) is 10.0 Å². The van der Waals surface area contributed by atoms with E-state index in [1.807, 2.05) is 37.3 Å². The average Bonchev–Trinajstić information content (AvgIpc) is 2.83. The topological polar surface area (TPSA) is 52.0 Å². The summed E-state index contributed by atoms with van der Waals surface area (Å²) < 4.78 is 6.55. The van der Waals surface area contributed by atoms with Crippen LogP contribution < -0.4 is 5.73 Å². The first-order valence-corrected chi connectivity index (χ1v) is 7.45.